The van der Waals surface area contributed by atoms with E-state index >= 15 is 0 Å². The van der Waals surface area contributed by atoms with Crippen molar-refractivity contribution in [2.75, 3.05) is 20.8 Å². The molecule has 0 unspecified atom stereocenters. The molecule has 1 aliphatic heterocycles. The number of imide groups is 1. The summed E-state index contributed by atoms with van der Waals surface area (Å²) in [5.74, 6) is 0.576. The van der Waals surface area contributed by atoms with Gasteiger partial charge in [-0.1, -0.05) is 0 Å². The van der Waals surface area contributed by atoms with Gasteiger partial charge in [0.15, 0.2) is 0 Å². The molecule has 0 aliphatic carbocycles. The number of methoxy groups -OCH3 is 1. The molecule has 0 bridgehead atoms. The zero-order chi connectivity index (χ0) is 15.1. The standard InChI is InChI=1S/C16H15NO4/c1-4-21-12-8-6-10-13-9(15(18)17(2)16(10)19)5-7-11(20-3)14(12)13/h5-8H,4H2,1-3H3. The number of rotatable bonds is 3. The fraction of sp³-hybridized carbons (Fsp3) is 0.250. The minimum absolute atomic E-state index is 0.311. The van der Waals surface area contributed by atoms with Gasteiger partial charge in [0.1, 0.15) is 11.5 Å². The molecule has 0 spiro atoms. The van der Waals surface area contributed by atoms with Crippen LogP contribution in [0.3, 0.4) is 0 Å². The first-order valence-electron chi connectivity index (χ1n) is 6.69. The van der Waals surface area contributed by atoms with Crippen molar-refractivity contribution in [1.82, 2.24) is 4.90 Å². The lowest BCUT2D eigenvalue weighted by Gasteiger charge is -2.25. The molecule has 2 aromatic rings. The molecule has 0 saturated carbocycles. The second kappa shape index (κ2) is 4.77. The van der Waals surface area contributed by atoms with Crippen LogP contribution in [0.1, 0.15) is 27.6 Å². The molecule has 0 aromatic heterocycles. The zero-order valence-corrected chi connectivity index (χ0v) is 12.1. The number of hydrogen-bond donors (Lipinski definition) is 0. The Hall–Kier alpha value is -2.56. The molecular weight excluding hydrogens is 270 g/mol. The molecule has 108 valence electrons. The monoisotopic (exact) mass is 285 g/mol. The van der Waals surface area contributed by atoms with Crippen LogP contribution in [0.5, 0.6) is 11.5 Å². The van der Waals surface area contributed by atoms with E-state index in [0.29, 0.717) is 40.0 Å². The van der Waals surface area contributed by atoms with Crippen molar-refractivity contribution in [3.63, 3.8) is 0 Å². The minimum Gasteiger partial charge on any atom is -0.496 e. The van der Waals surface area contributed by atoms with Crippen LogP contribution < -0.4 is 9.47 Å². The van der Waals surface area contributed by atoms with Crippen LogP contribution in [0.4, 0.5) is 0 Å². The topological polar surface area (TPSA) is 55.8 Å². The third-order valence-corrected chi connectivity index (χ3v) is 3.67. The molecule has 1 aliphatic rings. The van der Waals surface area contributed by atoms with Crippen molar-refractivity contribution in [1.29, 1.82) is 0 Å². The SMILES string of the molecule is CCOc1ccc2c3c(ccc(OC)c13)C(=O)N(C)C2=O. The van der Waals surface area contributed by atoms with Gasteiger partial charge < -0.3 is 9.47 Å². The average Bonchev–Trinajstić information content (AvgIpc) is 2.51. The molecule has 5 heteroatoms. The van der Waals surface area contributed by atoms with Gasteiger partial charge in [-0.05, 0) is 31.2 Å². The highest BCUT2D eigenvalue weighted by molar-refractivity contribution is 6.26. The maximum Gasteiger partial charge on any atom is 0.261 e. The smallest absolute Gasteiger partial charge is 0.261 e. The van der Waals surface area contributed by atoms with E-state index in [9.17, 15) is 9.59 Å². The Morgan fingerprint density at radius 3 is 2.05 bits per heavy atom. The van der Waals surface area contributed by atoms with E-state index in [-0.39, 0.29) is 11.8 Å². The van der Waals surface area contributed by atoms with Gasteiger partial charge in [-0.3, -0.25) is 14.5 Å². The number of ether oxygens (including phenoxy) is 2. The highest BCUT2D eigenvalue weighted by atomic mass is 16.5. The Morgan fingerprint density at radius 1 is 0.952 bits per heavy atom. The predicted molar refractivity (Wildman–Crippen MR) is 78.1 cm³/mol. The fourth-order valence-electron chi connectivity index (χ4n) is 2.69. The van der Waals surface area contributed by atoms with Crippen molar-refractivity contribution < 1.29 is 19.1 Å². The van der Waals surface area contributed by atoms with E-state index in [4.69, 9.17) is 9.47 Å². The average molecular weight is 285 g/mol. The third-order valence-electron chi connectivity index (χ3n) is 3.67. The second-order valence-electron chi connectivity index (χ2n) is 4.78. The number of benzene rings is 2. The van der Waals surface area contributed by atoms with Gasteiger partial charge in [-0.2, -0.15) is 0 Å². The molecule has 3 rings (SSSR count). The summed E-state index contributed by atoms with van der Waals surface area (Å²) >= 11 is 0. The molecule has 0 saturated heterocycles. The molecule has 1 heterocycles. The highest BCUT2D eigenvalue weighted by Gasteiger charge is 2.32. The van der Waals surface area contributed by atoms with Crippen LogP contribution in [0.25, 0.3) is 10.8 Å². The van der Waals surface area contributed by atoms with Crippen LogP contribution >= 0.6 is 0 Å². The highest BCUT2D eigenvalue weighted by Crippen LogP contribution is 2.40. The van der Waals surface area contributed by atoms with Crippen molar-refractivity contribution in [3.05, 3.63) is 35.4 Å². The van der Waals surface area contributed by atoms with E-state index in [1.807, 2.05) is 6.92 Å². The summed E-state index contributed by atoms with van der Waals surface area (Å²) in [6, 6.07) is 6.85. The first-order valence-corrected chi connectivity index (χ1v) is 6.69. The molecule has 0 radical (unpaired) electrons. The minimum atomic E-state index is -0.311. The number of carbonyl (C=O) groups excluding carboxylic acids is 2. The van der Waals surface area contributed by atoms with E-state index in [2.05, 4.69) is 0 Å². The first-order chi connectivity index (χ1) is 10.1. The normalized spacial score (nSPS) is 13.8. The van der Waals surface area contributed by atoms with E-state index < -0.39 is 0 Å². The number of hydrogen-bond acceptors (Lipinski definition) is 4. The van der Waals surface area contributed by atoms with Gasteiger partial charge in [0.05, 0.1) is 19.1 Å². The van der Waals surface area contributed by atoms with E-state index in [0.717, 1.165) is 4.90 Å². The molecule has 0 atom stereocenters. The second-order valence-corrected chi connectivity index (χ2v) is 4.78. The molecular formula is C16H15NO4. The van der Waals surface area contributed by atoms with Gasteiger partial charge in [0.2, 0.25) is 0 Å². The van der Waals surface area contributed by atoms with Gasteiger partial charge in [0, 0.05) is 23.6 Å². The summed E-state index contributed by atoms with van der Waals surface area (Å²) in [4.78, 5) is 25.7. The van der Waals surface area contributed by atoms with Crippen LogP contribution in [0, 0.1) is 0 Å². The maximum absolute atomic E-state index is 12.3. The van der Waals surface area contributed by atoms with Crippen LogP contribution in [0.2, 0.25) is 0 Å². The lowest BCUT2D eigenvalue weighted by Crippen LogP contribution is -2.36. The summed E-state index contributed by atoms with van der Waals surface area (Å²) in [5, 5.41) is 1.28. The van der Waals surface area contributed by atoms with Crippen molar-refractivity contribution in [2.45, 2.75) is 6.92 Å². The zero-order valence-electron chi connectivity index (χ0n) is 12.1. The Labute approximate surface area is 122 Å². The molecule has 21 heavy (non-hydrogen) atoms. The predicted octanol–water partition coefficient (Wildman–Crippen LogP) is 2.47. The van der Waals surface area contributed by atoms with Crippen LogP contribution in [-0.4, -0.2) is 37.5 Å². The summed E-state index contributed by atoms with van der Waals surface area (Å²) in [6.07, 6.45) is 0. The number of carbonyl (C=O) groups is 2. The lowest BCUT2D eigenvalue weighted by molar-refractivity contribution is 0.0650. The van der Waals surface area contributed by atoms with Gasteiger partial charge >= 0.3 is 0 Å². The third kappa shape index (κ3) is 1.77. The van der Waals surface area contributed by atoms with Crippen molar-refractivity contribution >= 4 is 22.6 Å². The number of nitrogens with zero attached hydrogens (tertiary/aromatic N) is 1. The Bertz CT molecular complexity index is 744. The van der Waals surface area contributed by atoms with Gasteiger partial charge in [-0.15, -0.1) is 0 Å². The quantitative estimate of drug-likeness (QED) is 0.813. The summed E-state index contributed by atoms with van der Waals surface area (Å²) in [7, 11) is 3.04. The lowest BCUT2D eigenvalue weighted by atomic mass is 9.93. The molecule has 2 aromatic carbocycles. The largest absolute Gasteiger partial charge is 0.496 e. The summed E-state index contributed by atoms with van der Waals surface area (Å²) < 4.78 is 11.0. The van der Waals surface area contributed by atoms with Crippen LogP contribution in [-0.2, 0) is 0 Å². The van der Waals surface area contributed by atoms with E-state index in [1.165, 1.54) is 7.05 Å². The Morgan fingerprint density at radius 2 is 1.52 bits per heavy atom. The number of amides is 2. The van der Waals surface area contributed by atoms with Crippen molar-refractivity contribution in [3.8, 4) is 11.5 Å². The van der Waals surface area contributed by atoms with E-state index in [1.54, 1.807) is 31.4 Å². The van der Waals surface area contributed by atoms with Gasteiger partial charge in [0.25, 0.3) is 11.8 Å². The first kappa shape index (κ1) is 13.4. The molecule has 2 amide bonds. The molecule has 5 nitrogen and oxygen atoms in total. The molecule has 0 N–H and O–H groups in total. The van der Waals surface area contributed by atoms with Gasteiger partial charge in [-0.25, -0.2) is 0 Å². The maximum atomic E-state index is 12.3. The van der Waals surface area contributed by atoms with Crippen LogP contribution in [0.15, 0.2) is 24.3 Å². The van der Waals surface area contributed by atoms with Crippen molar-refractivity contribution in [2.24, 2.45) is 0 Å². The molecule has 0 fully saturated rings. The fourth-order valence-corrected chi connectivity index (χ4v) is 2.69. The summed E-state index contributed by atoms with van der Waals surface area (Å²) in [5.41, 5.74) is 0.980. The summed E-state index contributed by atoms with van der Waals surface area (Å²) in [6.45, 7) is 2.37. The Balaban J connectivity index is 2.46. The Kier molecular flexibility index (Phi) is 3.05.